The standard InChI is InChI=1S/C12H13ClN4O3S3/c1-17(23(3,19)20)7-4-5-9(13)8(6-7)10(18)14-11-15-16-12(21-2)22-11/h4-6H,1-3H3,(H,14,15,18). The van der Waals surface area contributed by atoms with E-state index in [0.29, 0.717) is 10.8 Å². The SMILES string of the molecule is CSc1nnc(NC(=O)c2cc(N(C)S(C)(=O)=O)ccc2Cl)s1. The Bertz CT molecular complexity index is 838. The Morgan fingerprint density at radius 3 is 2.65 bits per heavy atom. The Hall–Kier alpha value is -1.36. The van der Waals surface area contributed by atoms with Gasteiger partial charge in [0, 0.05) is 7.05 Å². The molecule has 1 amide bonds. The Balaban J connectivity index is 2.29. The fraction of sp³-hybridized carbons (Fsp3) is 0.250. The summed E-state index contributed by atoms with van der Waals surface area (Å²) in [6, 6.07) is 4.41. The lowest BCUT2D eigenvalue weighted by atomic mass is 10.2. The lowest BCUT2D eigenvalue weighted by Gasteiger charge is -2.17. The van der Waals surface area contributed by atoms with E-state index in [1.807, 2.05) is 6.26 Å². The number of hydrogen-bond donors (Lipinski definition) is 1. The van der Waals surface area contributed by atoms with Crippen LogP contribution in [0, 0.1) is 0 Å². The highest BCUT2D eigenvalue weighted by molar-refractivity contribution is 8.00. The van der Waals surface area contributed by atoms with Gasteiger partial charge in [-0.1, -0.05) is 34.7 Å². The predicted octanol–water partition coefficient (Wildman–Crippen LogP) is 2.56. The molecule has 0 saturated carbocycles. The number of carbonyl (C=O) groups excluding carboxylic acids is 1. The number of amides is 1. The molecule has 7 nitrogen and oxygen atoms in total. The van der Waals surface area contributed by atoms with E-state index < -0.39 is 15.9 Å². The van der Waals surface area contributed by atoms with Gasteiger partial charge in [0.25, 0.3) is 5.91 Å². The summed E-state index contributed by atoms with van der Waals surface area (Å²) in [5, 5.41) is 10.9. The van der Waals surface area contributed by atoms with Crippen LogP contribution in [0.25, 0.3) is 0 Å². The highest BCUT2D eigenvalue weighted by atomic mass is 35.5. The summed E-state index contributed by atoms with van der Waals surface area (Å²) in [4.78, 5) is 12.3. The first-order valence-corrected chi connectivity index (χ1v) is 10.4. The second kappa shape index (κ2) is 7.04. The highest BCUT2D eigenvalue weighted by Gasteiger charge is 2.18. The zero-order valence-electron chi connectivity index (χ0n) is 12.4. The Morgan fingerprint density at radius 1 is 1.39 bits per heavy atom. The van der Waals surface area contributed by atoms with Crippen LogP contribution < -0.4 is 9.62 Å². The molecule has 1 N–H and O–H groups in total. The third kappa shape index (κ3) is 4.34. The van der Waals surface area contributed by atoms with Gasteiger partial charge in [-0.25, -0.2) is 8.42 Å². The van der Waals surface area contributed by atoms with E-state index in [-0.39, 0.29) is 10.6 Å². The van der Waals surface area contributed by atoms with E-state index in [0.717, 1.165) is 14.9 Å². The zero-order chi connectivity index (χ0) is 17.2. The van der Waals surface area contributed by atoms with Gasteiger partial charge in [-0.05, 0) is 24.5 Å². The summed E-state index contributed by atoms with van der Waals surface area (Å²) >= 11 is 8.70. The first kappa shape index (κ1) is 18.0. The number of rotatable bonds is 5. The number of hydrogen-bond acceptors (Lipinski definition) is 7. The third-order valence-corrected chi connectivity index (χ3v) is 6.21. The largest absolute Gasteiger partial charge is 0.296 e. The first-order valence-electron chi connectivity index (χ1n) is 6.14. The van der Waals surface area contributed by atoms with Crippen LogP contribution in [0.3, 0.4) is 0 Å². The maximum atomic E-state index is 12.3. The lowest BCUT2D eigenvalue weighted by Crippen LogP contribution is -2.25. The van der Waals surface area contributed by atoms with Crippen molar-refractivity contribution < 1.29 is 13.2 Å². The minimum atomic E-state index is -3.43. The molecule has 0 unspecified atom stereocenters. The number of carbonyl (C=O) groups is 1. The second-order valence-corrected chi connectivity index (χ2v) is 8.88. The third-order valence-electron chi connectivity index (χ3n) is 2.86. The highest BCUT2D eigenvalue weighted by Crippen LogP contribution is 2.27. The molecular weight excluding hydrogens is 380 g/mol. The van der Waals surface area contributed by atoms with E-state index in [1.54, 1.807) is 0 Å². The second-order valence-electron chi connectivity index (χ2n) is 4.43. The number of thioether (sulfide) groups is 1. The van der Waals surface area contributed by atoms with Gasteiger partial charge in [0.05, 0.1) is 22.5 Å². The quantitative estimate of drug-likeness (QED) is 0.621. The maximum absolute atomic E-state index is 12.3. The molecule has 0 aliphatic heterocycles. The van der Waals surface area contributed by atoms with Crippen molar-refractivity contribution in [2.75, 3.05) is 29.2 Å². The minimum Gasteiger partial charge on any atom is -0.296 e. The molecule has 2 rings (SSSR count). The molecule has 0 aliphatic rings. The molecule has 11 heteroatoms. The van der Waals surface area contributed by atoms with Crippen molar-refractivity contribution in [3.05, 3.63) is 28.8 Å². The van der Waals surface area contributed by atoms with Crippen LogP contribution in [0.2, 0.25) is 5.02 Å². The zero-order valence-corrected chi connectivity index (χ0v) is 15.6. The van der Waals surface area contributed by atoms with E-state index in [1.165, 1.54) is 48.3 Å². The smallest absolute Gasteiger partial charge is 0.259 e. The summed E-state index contributed by atoms with van der Waals surface area (Å²) in [7, 11) is -2.04. The van der Waals surface area contributed by atoms with Gasteiger partial charge in [-0.3, -0.25) is 14.4 Å². The molecule has 2 aromatic rings. The number of nitrogens with zero attached hydrogens (tertiary/aromatic N) is 3. The Morgan fingerprint density at radius 2 is 2.09 bits per heavy atom. The van der Waals surface area contributed by atoms with Crippen molar-refractivity contribution in [2.24, 2.45) is 0 Å². The molecule has 0 aliphatic carbocycles. The number of benzene rings is 1. The van der Waals surface area contributed by atoms with E-state index in [2.05, 4.69) is 15.5 Å². The first-order chi connectivity index (χ1) is 10.7. The summed E-state index contributed by atoms with van der Waals surface area (Å²) in [5.41, 5.74) is 0.490. The van der Waals surface area contributed by atoms with Crippen LogP contribution in [0.1, 0.15) is 10.4 Å². The number of anilines is 2. The molecule has 1 heterocycles. The van der Waals surface area contributed by atoms with Gasteiger partial charge >= 0.3 is 0 Å². The maximum Gasteiger partial charge on any atom is 0.259 e. The van der Waals surface area contributed by atoms with Crippen molar-refractivity contribution in [1.29, 1.82) is 0 Å². The summed E-state index contributed by atoms with van der Waals surface area (Å²) < 4.78 is 25.0. The van der Waals surface area contributed by atoms with Crippen LogP contribution in [0.15, 0.2) is 22.5 Å². The molecule has 0 atom stereocenters. The van der Waals surface area contributed by atoms with Crippen LogP contribution in [-0.4, -0.2) is 44.1 Å². The van der Waals surface area contributed by atoms with Crippen LogP contribution in [0.5, 0.6) is 0 Å². The fourth-order valence-corrected chi connectivity index (χ4v) is 3.45. The monoisotopic (exact) mass is 392 g/mol. The number of sulfonamides is 1. The van der Waals surface area contributed by atoms with Crippen molar-refractivity contribution in [1.82, 2.24) is 10.2 Å². The number of halogens is 1. The van der Waals surface area contributed by atoms with Gasteiger partial charge in [0.15, 0.2) is 4.34 Å². The summed E-state index contributed by atoms with van der Waals surface area (Å²) in [5.74, 6) is -0.484. The molecule has 23 heavy (non-hydrogen) atoms. The fourth-order valence-electron chi connectivity index (χ4n) is 1.58. The van der Waals surface area contributed by atoms with Crippen molar-refractivity contribution >= 4 is 61.4 Å². The van der Waals surface area contributed by atoms with Crippen molar-refractivity contribution in [3.8, 4) is 0 Å². The van der Waals surface area contributed by atoms with Gasteiger partial charge in [0.1, 0.15) is 0 Å². The average molecular weight is 393 g/mol. The van der Waals surface area contributed by atoms with Gasteiger partial charge in [-0.2, -0.15) is 0 Å². The molecule has 1 aromatic heterocycles. The summed E-state index contributed by atoms with van der Waals surface area (Å²) in [6.07, 6.45) is 2.93. The minimum absolute atomic E-state index is 0.153. The lowest BCUT2D eigenvalue weighted by molar-refractivity contribution is 0.102. The predicted molar refractivity (Wildman–Crippen MR) is 94.3 cm³/mol. The van der Waals surface area contributed by atoms with Crippen molar-refractivity contribution in [3.63, 3.8) is 0 Å². The molecule has 0 spiro atoms. The Labute approximate surface area is 147 Å². The number of aromatic nitrogens is 2. The van der Waals surface area contributed by atoms with Crippen LogP contribution >= 0.6 is 34.7 Å². The molecule has 1 aromatic carbocycles. The van der Waals surface area contributed by atoms with E-state index >= 15 is 0 Å². The van der Waals surface area contributed by atoms with E-state index in [9.17, 15) is 13.2 Å². The molecule has 0 radical (unpaired) electrons. The Kier molecular flexibility index (Phi) is 5.50. The van der Waals surface area contributed by atoms with Gasteiger partial charge in [0.2, 0.25) is 15.2 Å². The topological polar surface area (TPSA) is 92.3 Å². The summed E-state index contributed by atoms with van der Waals surface area (Å²) in [6.45, 7) is 0. The molecular formula is C12H13ClN4O3S3. The average Bonchev–Trinajstić information content (AvgIpc) is 2.93. The number of nitrogens with one attached hydrogen (secondary N) is 1. The van der Waals surface area contributed by atoms with Crippen molar-refractivity contribution in [2.45, 2.75) is 4.34 Å². The molecule has 0 saturated heterocycles. The molecule has 0 fully saturated rings. The van der Waals surface area contributed by atoms with Gasteiger partial charge < -0.3 is 0 Å². The normalized spacial score (nSPS) is 11.3. The van der Waals surface area contributed by atoms with Crippen LogP contribution in [-0.2, 0) is 10.0 Å². The van der Waals surface area contributed by atoms with Gasteiger partial charge in [-0.15, -0.1) is 10.2 Å². The molecule has 0 bridgehead atoms. The molecule has 124 valence electrons. The van der Waals surface area contributed by atoms with E-state index in [4.69, 9.17) is 11.6 Å². The van der Waals surface area contributed by atoms with Crippen LogP contribution in [0.4, 0.5) is 10.8 Å².